The molecule has 0 aliphatic rings. The molecule has 3 atom stereocenters. The van der Waals surface area contributed by atoms with Gasteiger partial charge in [0.2, 0.25) is 7.37 Å². The van der Waals surface area contributed by atoms with Crippen LogP contribution in [0.4, 0.5) is 0 Å². The topological polar surface area (TPSA) is 122 Å². The Bertz CT molecular complexity index is 1110. The van der Waals surface area contributed by atoms with E-state index in [9.17, 15) is 22.6 Å². The Morgan fingerprint density at radius 2 is 1.53 bits per heavy atom. The highest BCUT2D eigenvalue weighted by molar-refractivity contribution is 7.86. The van der Waals surface area contributed by atoms with Crippen molar-refractivity contribution in [3.63, 3.8) is 0 Å². The highest BCUT2D eigenvalue weighted by Gasteiger charge is 2.37. The predicted octanol–water partition coefficient (Wildman–Crippen LogP) is 3.55. The molecule has 0 aromatic heterocycles. The van der Waals surface area contributed by atoms with Crippen LogP contribution in [-0.4, -0.2) is 53.5 Å². The summed E-state index contributed by atoms with van der Waals surface area (Å²) in [6.07, 6.45) is -2.38. The minimum atomic E-state index is -4.35. The third-order valence-corrected chi connectivity index (χ3v) is 8.06. The standard InChI is InChI=1S/C23H29O9PS/c1-17-10-12-20(13-11-17)34(27,28)32-21(23(25)30-3)14-19(22(24)29-2)16-33(4,26)31-15-18-8-6-5-7-9-18/h5-13,19,21H,14-16H2,1-4H3/t19-,21-,33?/m1/s1. The van der Waals surface area contributed by atoms with E-state index in [0.29, 0.717) is 0 Å². The van der Waals surface area contributed by atoms with Crippen LogP contribution in [0.1, 0.15) is 17.5 Å². The van der Waals surface area contributed by atoms with Crippen LogP contribution in [0.3, 0.4) is 0 Å². The van der Waals surface area contributed by atoms with E-state index < -0.39 is 47.9 Å². The molecule has 0 aliphatic carbocycles. The third kappa shape index (κ3) is 8.36. The van der Waals surface area contributed by atoms with Crippen LogP contribution >= 0.6 is 7.37 Å². The van der Waals surface area contributed by atoms with Crippen molar-refractivity contribution >= 4 is 29.4 Å². The fourth-order valence-electron chi connectivity index (χ4n) is 3.13. The number of methoxy groups -OCH3 is 2. The van der Waals surface area contributed by atoms with Crippen molar-refractivity contribution < 1.29 is 40.8 Å². The third-order valence-electron chi connectivity index (χ3n) is 4.95. The first-order chi connectivity index (χ1) is 16.0. The van der Waals surface area contributed by atoms with Gasteiger partial charge in [0.05, 0.1) is 31.6 Å². The van der Waals surface area contributed by atoms with Crippen molar-refractivity contribution in [2.45, 2.75) is 31.0 Å². The van der Waals surface area contributed by atoms with Crippen molar-refractivity contribution in [3.05, 3.63) is 65.7 Å². The highest BCUT2D eigenvalue weighted by atomic mass is 32.2. The number of benzene rings is 2. The predicted molar refractivity (Wildman–Crippen MR) is 125 cm³/mol. The summed E-state index contributed by atoms with van der Waals surface area (Å²) in [5.74, 6) is -2.93. The number of carbonyl (C=O) groups excluding carboxylic acids is 2. The van der Waals surface area contributed by atoms with E-state index in [0.717, 1.165) is 25.3 Å². The average molecular weight is 513 g/mol. The normalized spacial score (nSPS) is 15.1. The van der Waals surface area contributed by atoms with Crippen molar-refractivity contribution in [3.8, 4) is 0 Å². The van der Waals surface area contributed by atoms with Crippen LogP contribution < -0.4 is 0 Å². The highest BCUT2D eigenvalue weighted by Crippen LogP contribution is 2.46. The van der Waals surface area contributed by atoms with Crippen molar-refractivity contribution in [2.24, 2.45) is 5.92 Å². The van der Waals surface area contributed by atoms with Crippen LogP contribution in [0.5, 0.6) is 0 Å². The van der Waals surface area contributed by atoms with Gasteiger partial charge in [-0.2, -0.15) is 8.42 Å². The van der Waals surface area contributed by atoms with Crippen molar-refractivity contribution in [1.29, 1.82) is 0 Å². The summed E-state index contributed by atoms with van der Waals surface area (Å²) in [6.45, 7) is 3.21. The van der Waals surface area contributed by atoms with Gasteiger partial charge in [-0.1, -0.05) is 48.0 Å². The fourth-order valence-corrected chi connectivity index (χ4v) is 5.80. The Kier molecular flexibility index (Phi) is 10.00. The molecule has 0 fully saturated rings. The quantitative estimate of drug-likeness (QED) is 0.239. The smallest absolute Gasteiger partial charge is 0.336 e. The number of rotatable bonds is 12. The largest absolute Gasteiger partial charge is 0.469 e. The van der Waals surface area contributed by atoms with E-state index in [-0.39, 0.29) is 17.7 Å². The molecule has 2 aromatic rings. The lowest BCUT2D eigenvalue weighted by molar-refractivity contribution is -0.152. The van der Waals surface area contributed by atoms with Gasteiger partial charge in [0.1, 0.15) is 0 Å². The molecule has 1 unspecified atom stereocenters. The van der Waals surface area contributed by atoms with E-state index in [1.165, 1.54) is 18.8 Å². The number of esters is 2. The number of hydrogen-bond donors (Lipinski definition) is 0. The summed E-state index contributed by atoms with van der Waals surface area (Å²) in [5, 5.41) is 0. The Labute approximate surface area is 199 Å². The molecule has 0 saturated heterocycles. The van der Waals surface area contributed by atoms with Gasteiger partial charge >= 0.3 is 11.9 Å². The van der Waals surface area contributed by atoms with Gasteiger partial charge in [-0.05, 0) is 31.0 Å². The van der Waals surface area contributed by atoms with Gasteiger partial charge in [0, 0.05) is 12.8 Å². The minimum absolute atomic E-state index is 0.0568. The molecule has 186 valence electrons. The van der Waals surface area contributed by atoms with Gasteiger partial charge in [-0.15, -0.1) is 0 Å². The Morgan fingerprint density at radius 1 is 0.941 bits per heavy atom. The van der Waals surface area contributed by atoms with Gasteiger partial charge in [-0.25, -0.2) is 4.79 Å². The molecule has 11 heteroatoms. The first-order valence-corrected chi connectivity index (χ1v) is 14.0. The summed E-state index contributed by atoms with van der Waals surface area (Å²) in [5.41, 5.74) is 1.63. The molecule has 2 rings (SSSR count). The molecule has 0 amide bonds. The molecule has 9 nitrogen and oxygen atoms in total. The lowest BCUT2D eigenvalue weighted by atomic mass is 10.0. The van der Waals surface area contributed by atoms with Crippen LogP contribution in [-0.2, 0) is 49.1 Å². The summed E-state index contributed by atoms with van der Waals surface area (Å²) >= 11 is 0. The van der Waals surface area contributed by atoms with E-state index in [1.807, 2.05) is 18.2 Å². The number of ether oxygens (including phenoxy) is 2. The average Bonchev–Trinajstić information content (AvgIpc) is 2.81. The van der Waals surface area contributed by atoms with Gasteiger partial charge < -0.3 is 14.0 Å². The van der Waals surface area contributed by atoms with E-state index in [4.69, 9.17) is 13.4 Å². The molecule has 0 aliphatic heterocycles. The molecular formula is C23H29O9PS. The lowest BCUT2D eigenvalue weighted by Crippen LogP contribution is -2.34. The van der Waals surface area contributed by atoms with Crippen LogP contribution in [0, 0.1) is 12.8 Å². The first kappa shape index (κ1) is 27.7. The van der Waals surface area contributed by atoms with Crippen molar-refractivity contribution in [1.82, 2.24) is 0 Å². The monoisotopic (exact) mass is 512 g/mol. The summed E-state index contributed by atoms with van der Waals surface area (Å²) in [7, 11) is -5.50. The molecule has 2 aromatic carbocycles. The molecule has 0 spiro atoms. The summed E-state index contributed by atoms with van der Waals surface area (Å²) in [6, 6.07) is 14.9. The second-order valence-electron chi connectivity index (χ2n) is 7.79. The SMILES string of the molecule is COC(=O)[C@H](C[C@@H](OS(=O)(=O)c1ccc(C)cc1)C(=O)OC)CP(C)(=O)OCc1ccccc1. The first-order valence-electron chi connectivity index (χ1n) is 10.4. The molecule has 34 heavy (non-hydrogen) atoms. The zero-order valence-electron chi connectivity index (χ0n) is 19.5. The molecular weight excluding hydrogens is 483 g/mol. The van der Waals surface area contributed by atoms with Crippen molar-refractivity contribution in [2.75, 3.05) is 27.0 Å². The molecule has 0 bridgehead atoms. The summed E-state index contributed by atoms with van der Waals surface area (Å²) in [4.78, 5) is 24.6. The number of hydrogen-bond acceptors (Lipinski definition) is 9. The molecule has 0 radical (unpaired) electrons. The Hall–Kier alpha value is -2.52. The van der Waals surface area contributed by atoms with E-state index >= 15 is 0 Å². The molecule has 0 heterocycles. The number of carbonyl (C=O) groups is 2. The fraction of sp³-hybridized carbons (Fsp3) is 0.391. The Balaban J connectivity index is 2.20. The zero-order valence-corrected chi connectivity index (χ0v) is 21.2. The molecule has 0 N–H and O–H groups in total. The van der Waals surface area contributed by atoms with Gasteiger partial charge in [-0.3, -0.25) is 13.5 Å². The van der Waals surface area contributed by atoms with E-state index in [2.05, 4.69) is 4.74 Å². The maximum absolute atomic E-state index is 13.1. The molecule has 0 saturated carbocycles. The zero-order chi connectivity index (χ0) is 25.4. The van der Waals surface area contributed by atoms with E-state index in [1.54, 1.807) is 31.2 Å². The second kappa shape index (κ2) is 12.3. The maximum Gasteiger partial charge on any atom is 0.336 e. The Morgan fingerprint density at radius 3 is 2.09 bits per heavy atom. The van der Waals surface area contributed by atoms with Crippen LogP contribution in [0.15, 0.2) is 59.5 Å². The number of aryl methyl sites for hydroxylation is 1. The maximum atomic E-state index is 13.1. The lowest BCUT2D eigenvalue weighted by Gasteiger charge is -2.23. The summed E-state index contributed by atoms with van der Waals surface area (Å²) < 4.78 is 58.7. The van der Waals surface area contributed by atoms with Crippen LogP contribution in [0.25, 0.3) is 0 Å². The minimum Gasteiger partial charge on any atom is -0.469 e. The van der Waals surface area contributed by atoms with Gasteiger partial charge in [0.15, 0.2) is 6.10 Å². The van der Waals surface area contributed by atoms with Gasteiger partial charge in [0.25, 0.3) is 10.1 Å². The van der Waals surface area contributed by atoms with Crippen LogP contribution in [0.2, 0.25) is 0 Å². The second-order valence-corrected chi connectivity index (χ2v) is 12.0.